The van der Waals surface area contributed by atoms with Gasteiger partial charge in [-0.2, -0.15) is 13.2 Å². The standard InChI is InChI=1S/C15H20F3N3/c1-3-13-8-11(10-19-2)9-14(20-13)21-6-4-12(5-7-21)15(16,17)18/h4,8-9,19H,3,5-7,10H2,1-2H3. The Morgan fingerprint density at radius 1 is 1.33 bits per heavy atom. The fourth-order valence-corrected chi connectivity index (χ4v) is 2.42. The van der Waals surface area contributed by atoms with Crippen LogP contribution in [0.1, 0.15) is 24.6 Å². The quantitative estimate of drug-likeness (QED) is 0.866. The predicted octanol–water partition coefficient (Wildman–Crippen LogP) is 3.06. The minimum Gasteiger partial charge on any atom is -0.353 e. The van der Waals surface area contributed by atoms with Gasteiger partial charge in [-0.25, -0.2) is 4.98 Å². The van der Waals surface area contributed by atoms with Crippen molar-refractivity contribution in [1.29, 1.82) is 0 Å². The van der Waals surface area contributed by atoms with Gasteiger partial charge in [-0.3, -0.25) is 0 Å². The molecule has 1 aliphatic heterocycles. The second-order valence-corrected chi connectivity index (χ2v) is 5.13. The van der Waals surface area contributed by atoms with Crippen molar-refractivity contribution in [3.05, 3.63) is 35.0 Å². The molecule has 116 valence electrons. The molecule has 6 heteroatoms. The summed E-state index contributed by atoms with van der Waals surface area (Å²) in [5.74, 6) is 0.761. The van der Waals surface area contributed by atoms with Gasteiger partial charge in [-0.05, 0) is 37.6 Å². The summed E-state index contributed by atoms with van der Waals surface area (Å²) in [5, 5.41) is 3.09. The number of aromatic nitrogens is 1. The fraction of sp³-hybridized carbons (Fsp3) is 0.533. The van der Waals surface area contributed by atoms with Crippen molar-refractivity contribution in [3.63, 3.8) is 0 Å². The summed E-state index contributed by atoms with van der Waals surface area (Å²) in [6, 6.07) is 3.98. The van der Waals surface area contributed by atoms with Crippen LogP contribution in [0.5, 0.6) is 0 Å². The van der Waals surface area contributed by atoms with Crippen LogP contribution in [-0.4, -0.2) is 31.3 Å². The van der Waals surface area contributed by atoms with Crippen LogP contribution in [-0.2, 0) is 13.0 Å². The van der Waals surface area contributed by atoms with Crippen LogP contribution in [0.4, 0.5) is 19.0 Å². The van der Waals surface area contributed by atoms with E-state index in [0.717, 1.165) is 30.0 Å². The Morgan fingerprint density at radius 2 is 2.10 bits per heavy atom. The summed E-state index contributed by atoms with van der Waals surface area (Å²) in [6.07, 6.45) is -2.12. The van der Waals surface area contributed by atoms with Crippen LogP contribution < -0.4 is 10.2 Å². The Morgan fingerprint density at radius 3 is 2.62 bits per heavy atom. The molecule has 0 aliphatic carbocycles. The first-order valence-corrected chi connectivity index (χ1v) is 7.09. The number of nitrogens with one attached hydrogen (secondary N) is 1. The van der Waals surface area contributed by atoms with E-state index in [2.05, 4.69) is 10.3 Å². The van der Waals surface area contributed by atoms with Crippen molar-refractivity contribution in [3.8, 4) is 0 Å². The number of halogens is 3. The third-order valence-electron chi connectivity index (χ3n) is 3.57. The third-order valence-corrected chi connectivity index (χ3v) is 3.57. The highest BCUT2D eigenvalue weighted by Crippen LogP contribution is 2.31. The van der Waals surface area contributed by atoms with E-state index >= 15 is 0 Å². The molecule has 0 unspecified atom stereocenters. The summed E-state index contributed by atoms with van der Waals surface area (Å²) < 4.78 is 37.9. The molecule has 0 spiro atoms. The third kappa shape index (κ3) is 3.97. The van der Waals surface area contributed by atoms with Crippen molar-refractivity contribution in [2.75, 3.05) is 25.0 Å². The van der Waals surface area contributed by atoms with Crippen LogP contribution >= 0.6 is 0 Å². The topological polar surface area (TPSA) is 28.2 Å². The largest absolute Gasteiger partial charge is 0.412 e. The SMILES string of the molecule is CCc1cc(CNC)cc(N2CC=C(C(F)(F)F)CC2)n1. The number of rotatable bonds is 4. The normalized spacial score (nSPS) is 16.0. The molecule has 2 rings (SSSR count). The van der Waals surface area contributed by atoms with Crippen LogP contribution in [0, 0.1) is 0 Å². The van der Waals surface area contributed by atoms with E-state index in [0.29, 0.717) is 6.54 Å². The molecule has 1 aromatic rings. The number of pyridine rings is 1. The molecule has 2 heterocycles. The zero-order valence-corrected chi connectivity index (χ0v) is 12.3. The van der Waals surface area contributed by atoms with Gasteiger partial charge in [0, 0.05) is 30.9 Å². The van der Waals surface area contributed by atoms with Crippen molar-refractivity contribution < 1.29 is 13.2 Å². The lowest BCUT2D eigenvalue weighted by atomic mass is 10.1. The van der Waals surface area contributed by atoms with Crippen molar-refractivity contribution in [1.82, 2.24) is 10.3 Å². The van der Waals surface area contributed by atoms with Crippen LogP contribution in [0.3, 0.4) is 0 Å². The lowest BCUT2D eigenvalue weighted by Gasteiger charge is -2.28. The minimum absolute atomic E-state index is 0.0168. The van der Waals surface area contributed by atoms with Crippen molar-refractivity contribution >= 4 is 5.82 Å². The second kappa shape index (κ2) is 6.47. The molecule has 0 amide bonds. The highest BCUT2D eigenvalue weighted by atomic mass is 19.4. The first-order chi connectivity index (χ1) is 9.94. The molecule has 21 heavy (non-hydrogen) atoms. The highest BCUT2D eigenvalue weighted by molar-refractivity contribution is 5.45. The zero-order chi connectivity index (χ0) is 15.5. The monoisotopic (exact) mass is 299 g/mol. The van der Waals surface area contributed by atoms with Gasteiger partial charge in [0.2, 0.25) is 0 Å². The van der Waals surface area contributed by atoms with Crippen molar-refractivity contribution in [2.24, 2.45) is 0 Å². The summed E-state index contributed by atoms with van der Waals surface area (Å²) in [4.78, 5) is 6.43. The average Bonchev–Trinajstić information content (AvgIpc) is 2.46. The summed E-state index contributed by atoms with van der Waals surface area (Å²) in [7, 11) is 1.87. The van der Waals surface area contributed by atoms with Gasteiger partial charge in [-0.15, -0.1) is 0 Å². The van der Waals surface area contributed by atoms with Gasteiger partial charge in [0.1, 0.15) is 5.82 Å². The smallest absolute Gasteiger partial charge is 0.353 e. The van der Waals surface area contributed by atoms with Gasteiger partial charge in [0.15, 0.2) is 0 Å². The molecule has 0 atom stereocenters. The molecular weight excluding hydrogens is 279 g/mol. The van der Waals surface area contributed by atoms with Gasteiger partial charge in [0.05, 0.1) is 0 Å². The first-order valence-electron chi connectivity index (χ1n) is 7.09. The Labute approximate surface area is 122 Å². The predicted molar refractivity (Wildman–Crippen MR) is 77.3 cm³/mol. The number of hydrogen-bond donors (Lipinski definition) is 1. The summed E-state index contributed by atoms with van der Waals surface area (Å²) >= 11 is 0. The van der Waals surface area contributed by atoms with Gasteiger partial charge >= 0.3 is 6.18 Å². The van der Waals surface area contributed by atoms with E-state index in [1.807, 2.05) is 31.0 Å². The van der Waals surface area contributed by atoms with E-state index in [-0.39, 0.29) is 13.0 Å². The van der Waals surface area contributed by atoms with Crippen molar-refractivity contribution in [2.45, 2.75) is 32.5 Å². The molecule has 1 aliphatic rings. The molecule has 0 fully saturated rings. The Balaban J connectivity index is 2.19. The molecular formula is C15H20F3N3. The molecule has 3 nitrogen and oxygen atoms in total. The number of nitrogens with zero attached hydrogens (tertiary/aromatic N) is 2. The maximum Gasteiger partial charge on any atom is 0.412 e. The average molecular weight is 299 g/mol. The second-order valence-electron chi connectivity index (χ2n) is 5.13. The molecule has 1 N–H and O–H groups in total. The van der Waals surface area contributed by atoms with E-state index in [4.69, 9.17) is 0 Å². The maximum atomic E-state index is 12.6. The molecule has 0 saturated carbocycles. The lowest BCUT2D eigenvalue weighted by molar-refractivity contribution is -0.0944. The Kier molecular flexibility index (Phi) is 4.88. The van der Waals surface area contributed by atoms with Crippen LogP contribution in [0.15, 0.2) is 23.8 Å². The first kappa shape index (κ1) is 15.8. The molecule has 1 aromatic heterocycles. The molecule has 0 aromatic carbocycles. The molecule has 0 saturated heterocycles. The minimum atomic E-state index is -4.21. The molecule has 0 radical (unpaired) electrons. The summed E-state index contributed by atoms with van der Waals surface area (Å²) in [6.45, 7) is 3.35. The molecule has 0 bridgehead atoms. The lowest BCUT2D eigenvalue weighted by Crippen LogP contribution is -2.32. The highest BCUT2D eigenvalue weighted by Gasteiger charge is 2.34. The fourth-order valence-electron chi connectivity index (χ4n) is 2.42. The van der Waals surface area contributed by atoms with E-state index < -0.39 is 11.7 Å². The van der Waals surface area contributed by atoms with E-state index in [9.17, 15) is 13.2 Å². The van der Waals surface area contributed by atoms with E-state index in [1.54, 1.807) is 0 Å². The van der Waals surface area contributed by atoms with E-state index in [1.165, 1.54) is 6.08 Å². The van der Waals surface area contributed by atoms with Gasteiger partial charge < -0.3 is 10.2 Å². The number of hydrogen-bond acceptors (Lipinski definition) is 3. The van der Waals surface area contributed by atoms with Crippen LogP contribution in [0.25, 0.3) is 0 Å². The summed E-state index contributed by atoms with van der Waals surface area (Å²) in [5.41, 5.74) is 1.63. The van der Waals surface area contributed by atoms with Gasteiger partial charge in [0.25, 0.3) is 0 Å². The number of alkyl halides is 3. The Bertz CT molecular complexity index is 523. The maximum absolute atomic E-state index is 12.6. The Hall–Kier alpha value is -1.56. The number of aryl methyl sites for hydroxylation is 1. The number of anilines is 1. The zero-order valence-electron chi connectivity index (χ0n) is 12.3. The van der Waals surface area contributed by atoms with Gasteiger partial charge in [-0.1, -0.05) is 13.0 Å². The van der Waals surface area contributed by atoms with Crippen LogP contribution in [0.2, 0.25) is 0 Å².